The lowest BCUT2D eigenvalue weighted by molar-refractivity contribution is 0.0852. The molecule has 0 aromatic rings. The van der Waals surface area contributed by atoms with Gasteiger partial charge in [-0.1, -0.05) is 18.6 Å². The third-order valence-electron chi connectivity index (χ3n) is 2.64. The van der Waals surface area contributed by atoms with Crippen LogP contribution in [0.4, 0.5) is 4.79 Å². The summed E-state index contributed by atoms with van der Waals surface area (Å²) in [5.74, 6) is 0.638. The molecule has 80 valence electrons. The van der Waals surface area contributed by atoms with Crippen LogP contribution in [0, 0.1) is 5.92 Å². The zero-order valence-corrected chi connectivity index (χ0v) is 8.45. The molecule has 0 saturated heterocycles. The molecule has 1 aliphatic rings. The van der Waals surface area contributed by atoms with Crippen LogP contribution in [0.2, 0.25) is 0 Å². The number of carbonyl (C=O) groups is 1. The first-order valence-corrected chi connectivity index (χ1v) is 5.30. The Kier molecular flexibility index (Phi) is 5.12. The highest BCUT2D eigenvalue weighted by atomic mass is 16.7. The fourth-order valence-electron chi connectivity index (χ4n) is 1.84. The van der Waals surface area contributed by atoms with Crippen molar-refractivity contribution >= 4 is 6.16 Å². The van der Waals surface area contributed by atoms with Crippen molar-refractivity contribution in [2.45, 2.75) is 38.5 Å². The van der Waals surface area contributed by atoms with E-state index < -0.39 is 6.16 Å². The standard InChI is InChI=1S/C11H18O3/c12-11(13)14-9-8-10-6-4-2-1-3-5-7-10/h1-2,10H,3-9H2,(H,12,13)/b2-1-. The van der Waals surface area contributed by atoms with Gasteiger partial charge in [-0.05, 0) is 38.0 Å². The summed E-state index contributed by atoms with van der Waals surface area (Å²) in [5.41, 5.74) is 0. The van der Waals surface area contributed by atoms with E-state index in [-0.39, 0.29) is 0 Å². The van der Waals surface area contributed by atoms with Crippen LogP contribution in [0.1, 0.15) is 38.5 Å². The third kappa shape index (κ3) is 4.90. The first kappa shape index (κ1) is 11.1. The van der Waals surface area contributed by atoms with Gasteiger partial charge in [0.15, 0.2) is 0 Å². The average Bonchev–Trinajstić information content (AvgIpc) is 2.07. The highest BCUT2D eigenvalue weighted by molar-refractivity contribution is 5.56. The Bertz CT molecular complexity index is 199. The zero-order chi connectivity index (χ0) is 10.2. The van der Waals surface area contributed by atoms with Gasteiger partial charge >= 0.3 is 6.16 Å². The molecule has 1 atom stereocenters. The molecule has 0 fully saturated rings. The van der Waals surface area contributed by atoms with Gasteiger partial charge in [-0.3, -0.25) is 0 Å². The first-order valence-electron chi connectivity index (χ1n) is 5.30. The number of hydrogen-bond acceptors (Lipinski definition) is 2. The Balaban J connectivity index is 2.15. The molecule has 1 aliphatic carbocycles. The van der Waals surface area contributed by atoms with Crippen LogP contribution in [0.5, 0.6) is 0 Å². The van der Waals surface area contributed by atoms with Crippen molar-refractivity contribution in [1.29, 1.82) is 0 Å². The summed E-state index contributed by atoms with van der Waals surface area (Å²) < 4.78 is 4.52. The van der Waals surface area contributed by atoms with Gasteiger partial charge in [-0.15, -0.1) is 0 Å². The van der Waals surface area contributed by atoms with Crippen molar-refractivity contribution < 1.29 is 14.6 Å². The lowest BCUT2D eigenvalue weighted by atomic mass is 9.92. The Morgan fingerprint density at radius 1 is 1.36 bits per heavy atom. The zero-order valence-electron chi connectivity index (χ0n) is 8.45. The third-order valence-corrected chi connectivity index (χ3v) is 2.64. The molecule has 1 N–H and O–H groups in total. The Morgan fingerprint density at radius 2 is 2.14 bits per heavy atom. The van der Waals surface area contributed by atoms with Crippen molar-refractivity contribution in [3.63, 3.8) is 0 Å². The summed E-state index contributed by atoms with van der Waals surface area (Å²) in [7, 11) is 0. The molecule has 3 heteroatoms. The largest absolute Gasteiger partial charge is 0.505 e. The van der Waals surface area contributed by atoms with Crippen molar-refractivity contribution in [2.75, 3.05) is 6.61 Å². The van der Waals surface area contributed by atoms with E-state index in [4.69, 9.17) is 5.11 Å². The van der Waals surface area contributed by atoms with E-state index in [9.17, 15) is 4.79 Å². The van der Waals surface area contributed by atoms with Gasteiger partial charge in [-0.2, -0.15) is 0 Å². The average molecular weight is 198 g/mol. The summed E-state index contributed by atoms with van der Waals surface area (Å²) in [6, 6.07) is 0. The van der Waals surface area contributed by atoms with E-state index in [1.54, 1.807) is 0 Å². The number of carboxylic acid groups (broad SMARTS) is 1. The summed E-state index contributed by atoms with van der Waals surface area (Å²) in [6.07, 6.45) is 10.1. The highest BCUT2D eigenvalue weighted by Gasteiger charge is 2.10. The Hall–Kier alpha value is -0.990. The van der Waals surface area contributed by atoms with Crippen molar-refractivity contribution in [2.24, 2.45) is 5.92 Å². The van der Waals surface area contributed by atoms with Crippen molar-refractivity contribution in [1.82, 2.24) is 0 Å². The van der Waals surface area contributed by atoms with Gasteiger partial charge in [0.2, 0.25) is 0 Å². The van der Waals surface area contributed by atoms with Gasteiger partial charge in [-0.25, -0.2) is 4.79 Å². The molecular formula is C11H18O3. The van der Waals surface area contributed by atoms with Gasteiger partial charge in [0.25, 0.3) is 0 Å². The normalized spacial score (nSPS) is 24.7. The van der Waals surface area contributed by atoms with Gasteiger partial charge in [0, 0.05) is 0 Å². The van der Waals surface area contributed by atoms with Gasteiger partial charge < -0.3 is 9.84 Å². The maximum Gasteiger partial charge on any atom is 0.505 e. The summed E-state index contributed by atoms with van der Waals surface area (Å²) in [6.45, 7) is 0.351. The fraction of sp³-hybridized carbons (Fsp3) is 0.727. The van der Waals surface area contributed by atoms with Crippen LogP contribution in [0.25, 0.3) is 0 Å². The molecule has 0 aromatic carbocycles. The number of hydrogen-bond donors (Lipinski definition) is 1. The summed E-state index contributed by atoms with van der Waals surface area (Å²) in [5, 5.41) is 8.31. The predicted molar refractivity (Wildman–Crippen MR) is 54.3 cm³/mol. The van der Waals surface area contributed by atoms with E-state index >= 15 is 0 Å². The highest BCUT2D eigenvalue weighted by Crippen LogP contribution is 2.21. The maximum absolute atomic E-state index is 10.1. The minimum atomic E-state index is -1.16. The molecule has 0 spiro atoms. The first-order chi connectivity index (χ1) is 6.79. The molecule has 0 radical (unpaired) electrons. The molecule has 3 nitrogen and oxygen atoms in total. The maximum atomic E-state index is 10.1. The predicted octanol–water partition coefficient (Wildman–Crippen LogP) is 3.21. The molecule has 0 aromatic heterocycles. The van der Waals surface area contributed by atoms with Gasteiger partial charge in [0.1, 0.15) is 0 Å². The molecule has 0 amide bonds. The molecule has 0 aliphatic heterocycles. The summed E-state index contributed by atoms with van der Waals surface area (Å²) >= 11 is 0. The second-order valence-corrected chi connectivity index (χ2v) is 3.75. The lowest BCUT2D eigenvalue weighted by Crippen LogP contribution is -2.09. The molecule has 0 bridgehead atoms. The van der Waals surface area contributed by atoms with Crippen molar-refractivity contribution in [3.05, 3.63) is 12.2 Å². The van der Waals surface area contributed by atoms with Crippen molar-refractivity contribution in [3.8, 4) is 0 Å². The number of allylic oxidation sites excluding steroid dienone is 2. The molecule has 0 saturated carbocycles. The monoisotopic (exact) mass is 198 g/mol. The van der Waals surface area contributed by atoms with Crippen LogP contribution >= 0.6 is 0 Å². The summed E-state index contributed by atoms with van der Waals surface area (Å²) in [4.78, 5) is 10.1. The molecule has 14 heavy (non-hydrogen) atoms. The topological polar surface area (TPSA) is 46.5 Å². The number of rotatable bonds is 3. The van der Waals surface area contributed by atoms with E-state index in [2.05, 4.69) is 16.9 Å². The van der Waals surface area contributed by atoms with E-state index in [1.165, 1.54) is 19.3 Å². The Morgan fingerprint density at radius 3 is 2.93 bits per heavy atom. The number of ether oxygens (including phenoxy) is 1. The lowest BCUT2D eigenvalue weighted by Gasteiger charge is -2.16. The van der Waals surface area contributed by atoms with Crippen LogP contribution < -0.4 is 0 Å². The molecule has 1 unspecified atom stereocenters. The smallest absolute Gasteiger partial charge is 0.450 e. The second-order valence-electron chi connectivity index (χ2n) is 3.75. The van der Waals surface area contributed by atoms with E-state index in [0.29, 0.717) is 12.5 Å². The van der Waals surface area contributed by atoms with Gasteiger partial charge in [0.05, 0.1) is 6.61 Å². The fourth-order valence-corrected chi connectivity index (χ4v) is 1.84. The Labute approximate surface area is 84.8 Å². The van der Waals surface area contributed by atoms with E-state index in [0.717, 1.165) is 19.3 Å². The quantitative estimate of drug-likeness (QED) is 0.559. The SMILES string of the molecule is O=C(O)OCCC1CC/C=C\CCC1. The molecule has 1 rings (SSSR count). The van der Waals surface area contributed by atoms with Crippen LogP contribution in [-0.4, -0.2) is 17.9 Å². The van der Waals surface area contributed by atoms with Crippen LogP contribution in [0.15, 0.2) is 12.2 Å². The second kappa shape index (κ2) is 6.46. The van der Waals surface area contributed by atoms with Crippen LogP contribution in [0.3, 0.4) is 0 Å². The van der Waals surface area contributed by atoms with E-state index in [1.807, 2.05) is 0 Å². The van der Waals surface area contributed by atoms with Crippen LogP contribution in [-0.2, 0) is 4.74 Å². The molecule has 0 heterocycles. The molecular weight excluding hydrogens is 180 g/mol. The minimum Gasteiger partial charge on any atom is -0.450 e. The minimum absolute atomic E-state index is 0.351.